The van der Waals surface area contributed by atoms with Crippen molar-refractivity contribution < 1.29 is 9.90 Å². The third-order valence-corrected chi connectivity index (χ3v) is 3.47. The van der Waals surface area contributed by atoms with Gasteiger partial charge in [-0.15, -0.1) is 0 Å². The molecule has 0 radical (unpaired) electrons. The summed E-state index contributed by atoms with van der Waals surface area (Å²) >= 11 is 0. The van der Waals surface area contributed by atoms with E-state index < -0.39 is 6.04 Å². The first-order valence-electron chi connectivity index (χ1n) is 7.50. The van der Waals surface area contributed by atoms with E-state index in [2.05, 4.69) is 24.3 Å². The fourth-order valence-electron chi connectivity index (χ4n) is 2.41. The lowest BCUT2D eigenvalue weighted by molar-refractivity contribution is 0.0906. The first-order valence-corrected chi connectivity index (χ1v) is 7.50. The predicted molar refractivity (Wildman–Crippen MR) is 85.5 cm³/mol. The van der Waals surface area contributed by atoms with Gasteiger partial charge < -0.3 is 10.4 Å². The molecule has 0 unspecified atom stereocenters. The molecular formula is C17H23N3O2. The maximum atomic E-state index is 12.4. The summed E-state index contributed by atoms with van der Waals surface area (Å²) in [6, 6.07) is 10.8. The molecule has 0 saturated heterocycles. The molecule has 0 fully saturated rings. The lowest BCUT2D eigenvalue weighted by Crippen LogP contribution is -2.32. The van der Waals surface area contributed by atoms with Crippen LogP contribution in [0.5, 0.6) is 0 Å². The minimum absolute atomic E-state index is 0.146. The molecule has 5 nitrogen and oxygen atoms in total. The van der Waals surface area contributed by atoms with Crippen molar-refractivity contribution in [3.8, 4) is 0 Å². The second kappa shape index (κ2) is 7.22. The van der Waals surface area contributed by atoms with E-state index in [4.69, 9.17) is 0 Å². The standard InChI is InChI=1S/C17H23N3O2/c1-12(2)9-14-10-16(20(3)19-14)17(22)18-15(11-21)13-7-5-4-6-8-13/h4-8,10,12,15,21H,9,11H2,1-3H3,(H,18,22)/t15-/m0/s1. The molecule has 5 heteroatoms. The minimum Gasteiger partial charge on any atom is -0.394 e. The molecule has 1 aromatic carbocycles. The number of hydrogen-bond donors (Lipinski definition) is 2. The molecule has 1 atom stereocenters. The van der Waals surface area contributed by atoms with Crippen LogP contribution < -0.4 is 5.32 Å². The SMILES string of the molecule is CC(C)Cc1cc(C(=O)N[C@@H](CO)c2ccccc2)n(C)n1. The quantitative estimate of drug-likeness (QED) is 0.858. The van der Waals surface area contributed by atoms with Gasteiger partial charge in [0, 0.05) is 7.05 Å². The number of nitrogens with one attached hydrogen (secondary N) is 1. The van der Waals surface area contributed by atoms with Crippen LogP contribution in [-0.2, 0) is 13.5 Å². The Bertz CT molecular complexity index is 620. The summed E-state index contributed by atoms with van der Waals surface area (Å²) in [5.41, 5.74) is 2.29. The fraction of sp³-hybridized carbons (Fsp3) is 0.412. The first kappa shape index (κ1) is 16.2. The highest BCUT2D eigenvalue weighted by Crippen LogP contribution is 2.14. The molecule has 2 N–H and O–H groups in total. The van der Waals surface area contributed by atoms with E-state index in [0.29, 0.717) is 11.6 Å². The van der Waals surface area contributed by atoms with Gasteiger partial charge >= 0.3 is 0 Å². The zero-order valence-corrected chi connectivity index (χ0v) is 13.3. The molecule has 0 saturated carbocycles. The Morgan fingerprint density at radius 3 is 2.59 bits per heavy atom. The molecule has 1 aromatic heterocycles. The summed E-state index contributed by atoms with van der Waals surface area (Å²) in [5, 5.41) is 16.8. The molecule has 0 aliphatic carbocycles. The summed E-state index contributed by atoms with van der Waals surface area (Å²) in [4.78, 5) is 12.4. The first-order chi connectivity index (χ1) is 10.5. The van der Waals surface area contributed by atoms with E-state index in [9.17, 15) is 9.90 Å². The van der Waals surface area contributed by atoms with Crippen LogP contribution >= 0.6 is 0 Å². The number of aliphatic hydroxyl groups excluding tert-OH is 1. The lowest BCUT2D eigenvalue weighted by atomic mass is 10.1. The Morgan fingerprint density at radius 1 is 1.32 bits per heavy atom. The van der Waals surface area contributed by atoms with Crippen LogP contribution in [0.1, 0.15) is 41.6 Å². The van der Waals surface area contributed by atoms with E-state index in [-0.39, 0.29) is 12.5 Å². The number of aromatic nitrogens is 2. The third kappa shape index (κ3) is 3.95. The second-order valence-electron chi connectivity index (χ2n) is 5.86. The number of benzene rings is 1. The van der Waals surface area contributed by atoms with Gasteiger partial charge in [0.1, 0.15) is 5.69 Å². The van der Waals surface area contributed by atoms with Crippen LogP contribution in [0.3, 0.4) is 0 Å². The average molecular weight is 301 g/mol. The molecule has 2 rings (SSSR count). The van der Waals surface area contributed by atoms with Crippen LogP contribution in [0.15, 0.2) is 36.4 Å². The molecule has 22 heavy (non-hydrogen) atoms. The van der Waals surface area contributed by atoms with Crippen LogP contribution in [0.25, 0.3) is 0 Å². The van der Waals surface area contributed by atoms with Crippen molar-refractivity contribution in [2.45, 2.75) is 26.3 Å². The molecule has 0 spiro atoms. The number of hydrogen-bond acceptors (Lipinski definition) is 3. The summed E-state index contributed by atoms with van der Waals surface area (Å²) in [6.07, 6.45) is 0.837. The average Bonchev–Trinajstić information content (AvgIpc) is 2.85. The zero-order valence-electron chi connectivity index (χ0n) is 13.3. The number of carbonyl (C=O) groups excluding carboxylic acids is 1. The highest BCUT2D eigenvalue weighted by Gasteiger charge is 2.18. The second-order valence-corrected chi connectivity index (χ2v) is 5.86. The fourth-order valence-corrected chi connectivity index (χ4v) is 2.41. The van der Waals surface area contributed by atoms with Gasteiger partial charge in [-0.3, -0.25) is 9.48 Å². The molecule has 1 amide bonds. The van der Waals surface area contributed by atoms with E-state index in [1.54, 1.807) is 11.7 Å². The minimum atomic E-state index is -0.419. The van der Waals surface area contributed by atoms with E-state index >= 15 is 0 Å². The van der Waals surface area contributed by atoms with E-state index in [1.807, 2.05) is 36.4 Å². The van der Waals surface area contributed by atoms with Gasteiger partial charge in [0.2, 0.25) is 0 Å². The molecule has 0 aliphatic heterocycles. The monoisotopic (exact) mass is 301 g/mol. The van der Waals surface area contributed by atoms with Crippen LogP contribution in [-0.4, -0.2) is 27.4 Å². The number of amides is 1. The topological polar surface area (TPSA) is 67.2 Å². The van der Waals surface area contributed by atoms with Crippen LogP contribution in [0, 0.1) is 5.92 Å². The van der Waals surface area contributed by atoms with Gasteiger partial charge in [-0.1, -0.05) is 44.2 Å². The number of aliphatic hydroxyl groups is 1. The zero-order chi connectivity index (χ0) is 16.1. The summed E-state index contributed by atoms with van der Waals surface area (Å²) in [6.45, 7) is 4.09. The Labute approximate surface area is 131 Å². The Hall–Kier alpha value is -2.14. The highest BCUT2D eigenvalue weighted by atomic mass is 16.3. The van der Waals surface area contributed by atoms with Crippen molar-refractivity contribution in [2.24, 2.45) is 13.0 Å². The lowest BCUT2D eigenvalue weighted by Gasteiger charge is -2.16. The number of carbonyl (C=O) groups is 1. The number of aryl methyl sites for hydroxylation is 1. The Balaban J connectivity index is 2.12. The van der Waals surface area contributed by atoms with Gasteiger partial charge in [-0.05, 0) is 24.0 Å². The third-order valence-electron chi connectivity index (χ3n) is 3.47. The molecule has 0 aliphatic rings. The maximum Gasteiger partial charge on any atom is 0.270 e. The van der Waals surface area contributed by atoms with Gasteiger partial charge in [-0.25, -0.2) is 0 Å². The molecule has 1 heterocycles. The van der Waals surface area contributed by atoms with Crippen LogP contribution in [0.2, 0.25) is 0 Å². The Kier molecular flexibility index (Phi) is 5.33. The van der Waals surface area contributed by atoms with Crippen LogP contribution in [0.4, 0.5) is 0 Å². The molecule has 118 valence electrons. The summed E-state index contributed by atoms with van der Waals surface area (Å²) in [7, 11) is 1.76. The maximum absolute atomic E-state index is 12.4. The van der Waals surface area contributed by atoms with Crippen molar-refractivity contribution in [2.75, 3.05) is 6.61 Å². The van der Waals surface area contributed by atoms with E-state index in [0.717, 1.165) is 17.7 Å². The summed E-state index contributed by atoms with van der Waals surface area (Å²) in [5.74, 6) is 0.258. The van der Waals surface area contributed by atoms with Crippen molar-refractivity contribution >= 4 is 5.91 Å². The number of rotatable bonds is 6. The van der Waals surface area contributed by atoms with Crippen molar-refractivity contribution in [3.05, 3.63) is 53.3 Å². The van der Waals surface area contributed by atoms with Crippen molar-refractivity contribution in [1.29, 1.82) is 0 Å². The highest BCUT2D eigenvalue weighted by molar-refractivity contribution is 5.93. The van der Waals surface area contributed by atoms with Gasteiger partial charge in [0.25, 0.3) is 5.91 Å². The van der Waals surface area contributed by atoms with Gasteiger partial charge in [-0.2, -0.15) is 5.10 Å². The molecule has 2 aromatic rings. The van der Waals surface area contributed by atoms with Gasteiger partial charge in [0.05, 0.1) is 18.3 Å². The van der Waals surface area contributed by atoms with Gasteiger partial charge in [0.15, 0.2) is 0 Å². The smallest absolute Gasteiger partial charge is 0.270 e. The normalized spacial score (nSPS) is 12.4. The Morgan fingerprint density at radius 2 is 2.00 bits per heavy atom. The van der Waals surface area contributed by atoms with Crippen molar-refractivity contribution in [1.82, 2.24) is 15.1 Å². The number of nitrogens with zero attached hydrogens (tertiary/aromatic N) is 2. The summed E-state index contributed by atoms with van der Waals surface area (Å²) < 4.78 is 1.59. The molecular weight excluding hydrogens is 278 g/mol. The van der Waals surface area contributed by atoms with E-state index in [1.165, 1.54) is 0 Å². The van der Waals surface area contributed by atoms with Crippen molar-refractivity contribution in [3.63, 3.8) is 0 Å². The largest absolute Gasteiger partial charge is 0.394 e. The molecule has 0 bridgehead atoms. The predicted octanol–water partition coefficient (Wildman–Crippen LogP) is 2.08.